The maximum Gasteiger partial charge on any atom is 0.143 e. The molecule has 2 atom stereocenters. The Morgan fingerprint density at radius 1 is 1.33 bits per heavy atom. The van der Waals surface area contributed by atoms with Gasteiger partial charge in [0.15, 0.2) is 0 Å². The summed E-state index contributed by atoms with van der Waals surface area (Å²) in [6.45, 7) is 0. The predicted octanol–water partition coefficient (Wildman–Crippen LogP) is 4.14. The molecule has 2 aromatic rings. The van der Waals surface area contributed by atoms with E-state index in [0.717, 1.165) is 31.7 Å². The number of fused-ring (bicyclic) bond motifs is 1. The van der Waals surface area contributed by atoms with Gasteiger partial charge in [-0.2, -0.15) is 0 Å². The number of pyridine rings is 1. The number of aromatic nitrogens is 1. The van der Waals surface area contributed by atoms with Gasteiger partial charge in [-0.3, -0.25) is 4.98 Å². The summed E-state index contributed by atoms with van der Waals surface area (Å²) in [5.74, 6) is 1.57. The zero-order valence-electron chi connectivity index (χ0n) is 11.3. The molecule has 110 valence electrons. The largest absolute Gasteiger partial charge is 0.497 e. The molecule has 0 radical (unpaired) electrons. The van der Waals surface area contributed by atoms with Crippen molar-refractivity contribution in [3.05, 3.63) is 50.7 Å². The fraction of sp³-hybridized carbons (Fsp3) is 0.267. The Morgan fingerprint density at radius 2 is 2.14 bits per heavy atom. The lowest BCUT2D eigenvalue weighted by Crippen LogP contribution is -2.25. The first-order valence-electron chi connectivity index (χ1n) is 6.49. The minimum Gasteiger partial charge on any atom is -0.497 e. The second-order valence-corrected chi connectivity index (χ2v) is 6.64. The zero-order chi connectivity index (χ0) is 15.0. The summed E-state index contributed by atoms with van der Waals surface area (Å²) < 4.78 is 13.1. The van der Waals surface area contributed by atoms with Crippen molar-refractivity contribution in [2.75, 3.05) is 7.11 Å². The number of hydrogen-bond acceptors (Lipinski definition) is 4. The standard InChI is InChI=1S/C15H14Br2N2O2/c1-20-9-2-3-13-10(5-9)12(18)6-14(21-13)15-11(17)4-8(16)7-19-15/h2-5,7,12,14H,6,18H2,1H3/t12-,14?/m0/s1. The summed E-state index contributed by atoms with van der Waals surface area (Å²) in [6.07, 6.45) is 2.27. The molecule has 1 aromatic carbocycles. The highest BCUT2D eigenvalue weighted by Crippen LogP contribution is 2.42. The van der Waals surface area contributed by atoms with E-state index < -0.39 is 0 Å². The van der Waals surface area contributed by atoms with Gasteiger partial charge in [-0.1, -0.05) is 0 Å². The fourth-order valence-electron chi connectivity index (χ4n) is 2.44. The topological polar surface area (TPSA) is 57.4 Å². The molecule has 6 heteroatoms. The molecule has 0 bridgehead atoms. The Morgan fingerprint density at radius 3 is 2.86 bits per heavy atom. The number of benzene rings is 1. The van der Waals surface area contributed by atoms with Gasteiger partial charge in [0.2, 0.25) is 0 Å². The molecule has 3 rings (SSSR count). The molecule has 21 heavy (non-hydrogen) atoms. The van der Waals surface area contributed by atoms with E-state index in [-0.39, 0.29) is 12.1 Å². The van der Waals surface area contributed by atoms with Gasteiger partial charge in [-0.25, -0.2) is 0 Å². The van der Waals surface area contributed by atoms with Gasteiger partial charge in [0, 0.05) is 33.2 Å². The predicted molar refractivity (Wildman–Crippen MR) is 87.5 cm³/mol. The third kappa shape index (κ3) is 2.93. The molecule has 1 aromatic heterocycles. The van der Waals surface area contributed by atoms with E-state index in [1.807, 2.05) is 24.3 Å². The Balaban J connectivity index is 1.94. The minimum absolute atomic E-state index is 0.105. The summed E-state index contributed by atoms with van der Waals surface area (Å²) in [7, 11) is 1.64. The first kappa shape index (κ1) is 14.8. The van der Waals surface area contributed by atoms with E-state index in [4.69, 9.17) is 15.2 Å². The molecule has 4 nitrogen and oxygen atoms in total. The van der Waals surface area contributed by atoms with E-state index >= 15 is 0 Å². The van der Waals surface area contributed by atoms with E-state index in [1.54, 1.807) is 13.3 Å². The molecule has 0 saturated heterocycles. The monoisotopic (exact) mass is 412 g/mol. The summed E-state index contributed by atoms with van der Waals surface area (Å²) in [4.78, 5) is 4.44. The van der Waals surface area contributed by atoms with E-state index in [9.17, 15) is 0 Å². The maximum absolute atomic E-state index is 6.29. The number of methoxy groups -OCH3 is 1. The van der Waals surface area contributed by atoms with E-state index in [2.05, 4.69) is 36.8 Å². The van der Waals surface area contributed by atoms with Crippen LogP contribution in [0.15, 0.2) is 39.4 Å². The molecule has 1 aliphatic heterocycles. The number of rotatable bonds is 2. The Bertz CT molecular complexity index is 679. The maximum atomic E-state index is 6.29. The zero-order valence-corrected chi connectivity index (χ0v) is 14.5. The lowest BCUT2D eigenvalue weighted by molar-refractivity contribution is 0.156. The molecule has 0 saturated carbocycles. The van der Waals surface area contributed by atoms with Gasteiger partial charge < -0.3 is 15.2 Å². The average molecular weight is 414 g/mol. The molecule has 1 unspecified atom stereocenters. The smallest absolute Gasteiger partial charge is 0.143 e. The van der Waals surface area contributed by atoms with Crippen LogP contribution in [0.2, 0.25) is 0 Å². The highest BCUT2D eigenvalue weighted by molar-refractivity contribution is 9.11. The first-order valence-corrected chi connectivity index (χ1v) is 8.08. The van der Waals surface area contributed by atoms with Crippen LogP contribution in [-0.2, 0) is 0 Å². The summed E-state index contributed by atoms with van der Waals surface area (Å²) in [5.41, 5.74) is 8.12. The van der Waals surface area contributed by atoms with Crippen LogP contribution in [0.3, 0.4) is 0 Å². The Hall–Kier alpha value is -1.11. The van der Waals surface area contributed by atoms with E-state index in [0.29, 0.717) is 6.42 Å². The fourth-order valence-corrected chi connectivity index (χ4v) is 3.68. The van der Waals surface area contributed by atoms with Crippen molar-refractivity contribution in [2.45, 2.75) is 18.6 Å². The molecule has 0 aliphatic carbocycles. The first-order chi connectivity index (χ1) is 10.1. The van der Waals surface area contributed by atoms with Gasteiger partial charge in [-0.15, -0.1) is 0 Å². The lowest BCUT2D eigenvalue weighted by atomic mass is 9.95. The second-order valence-electron chi connectivity index (χ2n) is 4.87. The third-order valence-corrected chi connectivity index (χ3v) is 4.56. The van der Waals surface area contributed by atoms with Gasteiger partial charge in [-0.05, 0) is 56.1 Å². The SMILES string of the molecule is COc1ccc2c(c1)[C@@H](N)CC(c1ncc(Br)cc1Br)O2. The van der Waals surface area contributed by atoms with E-state index in [1.165, 1.54) is 0 Å². The molecule has 0 amide bonds. The number of halogens is 2. The highest BCUT2D eigenvalue weighted by atomic mass is 79.9. The van der Waals surface area contributed by atoms with Crippen molar-refractivity contribution in [2.24, 2.45) is 5.73 Å². The molecule has 0 fully saturated rings. The molecule has 0 spiro atoms. The van der Waals surface area contributed by atoms with Gasteiger partial charge in [0.1, 0.15) is 17.6 Å². The van der Waals surface area contributed by atoms with Crippen LogP contribution in [-0.4, -0.2) is 12.1 Å². The third-order valence-electron chi connectivity index (χ3n) is 3.49. The van der Waals surface area contributed by atoms with Crippen LogP contribution in [0.4, 0.5) is 0 Å². The van der Waals surface area contributed by atoms with Crippen LogP contribution in [0.25, 0.3) is 0 Å². The van der Waals surface area contributed by atoms with Crippen LogP contribution >= 0.6 is 31.9 Å². The van der Waals surface area contributed by atoms with Gasteiger partial charge in [0.05, 0.1) is 12.8 Å². The summed E-state index contributed by atoms with van der Waals surface area (Å²) in [6, 6.07) is 7.55. The number of hydrogen-bond donors (Lipinski definition) is 1. The lowest BCUT2D eigenvalue weighted by Gasteiger charge is -2.30. The van der Waals surface area contributed by atoms with Crippen molar-refractivity contribution >= 4 is 31.9 Å². The van der Waals surface area contributed by atoms with Crippen LogP contribution < -0.4 is 15.2 Å². The van der Waals surface area contributed by atoms with Crippen LogP contribution in [0, 0.1) is 0 Å². The van der Waals surface area contributed by atoms with Crippen molar-refractivity contribution in [1.82, 2.24) is 4.98 Å². The van der Waals surface area contributed by atoms with Crippen LogP contribution in [0.5, 0.6) is 11.5 Å². The molecular formula is C15H14Br2N2O2. The number of nitrogens with two attached hydrogens (primary N) is 1. The normalized spacial score (nSPS) is 20.6. The molecule has 1 aliphatic rings. The van der Waals surface area contributed by atoms with Gasteiger partial charge >= 0.3 is 0 Å². The minimum atomic E-state index is -0.164. The molecule has 2 heterocycles. The Labute approximate surface area is 139 Å². The number of ether oxygens (including phenoxy) is 2. The van der Waals surface area contributed by atoms with Crippen LogP contribution in [0.1, 0.15) is 29.8 Å². The highest BCUT2D eigenvalue weighted by Gasteiger charge is 2.29. The van der Waals surface area contributed by atoms with Crippen molar-refractivity contribution in [3.8, 4) is 11.5 Å². The van der Waals surface area contributed by atoms with Gasteiger partial charge in [0.25, 0.3) is 0 Å². The van der Waals surface area contributed by atoms with Crippen molar-refractivity contribution in [3.63, 3.8) is 0 Å². The quantitative estimate of drug-likeness (QED) is 0.803. The van der Waals surface area contributed by atoms with Crippen molar-refractivity contribution < 1.29 is 9.47 Å². The number of nitrogens with zero attached hydrogens (tertiary/aromatic N) is 1. The second kappa shape index (κ2) is 5.94. The Kier molecular flexibility index (Phi) is 4.19. The summed E-state index contributed by atoms with van der Waals surface area (Å²) in [5, 5.41) is 0. The summed E-state index contributed by atoms with van der Waals surface area (Å²) >= 11 is 6.93. The average Bonchev–Trinajstić information content (AvgIpc) is 2.47. The van der Waals surface area contributed by atoms with Crippen molar-refractivity contribution in [1.29, 1.82) is 0 Å². The molecule has 2 N–H and O–H groups in total. The molecular weight excluding hydrogens is 400 g/mol.